The van der Waals surface area contributed by atoms with E-state index in [0.717, 1.165) is 34.2 Å². The molecule has 0 aromatic carbocycles. The van der Waals surface area contributed by atoms with Crippen LogP contribution in [0, 0.1) is 5.92 Å². The summed E-state index contributed by atoms with van der Waals surface area (Å²) in [4.78, 5) is 26.2. The van der Waals surface area contributed by atoms with Gasteiger partial charge in [-0.25, -0.2) is 9.97 Å². The molecule has 0 aliphatic heterocycles. The number of carbonyl (C=O) groups is 1. The van der Waals surface area contributed by atoms with Crippen LogP contribution in [0.2, 0.25) is 0 Å². The minimum Gasteiger partial charge on any atom is -0.353 e. The van der Waals surface area contributed by atoms with Crippen LogP contribution in [-0.4, -0.2) is 44.6 Å². The molecular weight excluding hydrogens is 366 g/mol. The average molecular weight is 398 g/mol. The lowest BCUT2D eigenvalue weighted by Crippen LogP contribution is -2.42. The Labute approximate surface area is 171 Å². The fourth-order valence-electron chi connectivity index (χ4n) is 3.62. The highest BCUT2D eigenvalue weighted by Gasteiger charge is 2.19. The SMILES string of the molecule is CC(C)CC(N)C(=O)NCCn1cnc2c(C(C)CCN)nc3cccnc3c21. The van der Waals surface area contributed by atoms with Gasteiger partial charge in [-0.3, -0.25) is 9.78 Å². The van der Waals surface area contributed by atoms with Crippen LogP contribution in [0.4, 0.5) is 0 Å². The van der Waals surface area contributed by atoms with Crippen molar-refractivity contribution in [2.24, 2.45) is 17.4 Å². The van der Waals surface area contributed by atoms with Gasteiger partial charge >= 0.3 is 0 Å². The Balaban J connectivity index is 1.87. The standard InChI is InChI=1S/C21H31N7O/c1-13(2)11-15(23)21(29)25-9-10-28-12-26-19-17(14(3)6-7-22)27-16-5-4-8-24-18(16)20(19)28/h4-5,8,12-15H,6-7,9-11,22-23H2,1-3H3,(H,25,29). The van der Waals surface area contributed by atoms with E-state index in [1.807, 2.05) is 16.7 Å². The van der Waals surface area contributed by atoms with E-state index >= 15 is 0 Å². The highest BCUT2D eigenvalue weighted by Crippen LogP contribution is 2.29. The van der Waals surface area contributed by atoms with Crippen molar-refractivity contribution in [1.29, 1.82) is 0 Å². The van der Waals surface area contributed by atoms with E-state index in [9.17, 15) is 4.79 Å². The monoisotopic (exact) mass is 397 g/mol. The van der Waals surface area contributed by atoms with Gasteiger partial charge in [0, 0.05) is 25.2 Å². The lowest BCUT2D eigenvalue weighted by molar-refractivity contribution is -0.122. The largest absolute Gasteiger partial charge is 0.353 e. The smallest absolute Gasteiger partial charge is 0.236 e. The molecule has 5 N–H and O–H groups in total. The van der Waals surface area contributed by atoms with Crippen molar-refractivity contribution in [3.05, 3.63) is 30.4 Å². The van der Waals surface area contributed by atoms with Crippen molar-refractivity contribution in [2.75, 3.05) is 13.1 Å². The number of hydrogen-bond donors (Lipinski definition) is 3. The Morgan fingerprint density at radius 1 is 1.24 bits per heavy atom. The van der Waals surface area contributed by atoms with E-state index in [1.165, 1.54) is 0 Å². The third-order valence-corrected chi connectivity index (χ3v) is 5.11. The number of pyridine rings is 2. The van der Waals surface area contributed by atoms with Gasteiger partial charge in [0.15, 0.2) is 0 Å². The third-order valence-electron chi connectivity index (χ3n) is 5.11. The van der Waals surface area contributed by atoms with Crippen LogP contribution in [-0.2, 0) is 11.3 Å². The molecule has 156 valence electrons. The zero-order valence-electron chi connectivity index (χ0n) is 17.4. The predicted molar refractivity (Wildman–Crippen MR) is 115 cm³/mol. The first kappa shape index (κ1) is 21.1. The number of nitrogens with two attached hydrogens (primary N) is 2. The van der Waals surface area contributed by atoms with Crippen molar-refractivity contribution >= 4 is 28.0 Å². The van der Waals surface area contributed by atoms with Crippen LogP contribution in [0.25, 0.3) is 22.1 Å². The number of amides is 1. The molecule has 2 atom stereocenters. The summed E-state index contributed by atoms with van der Waals surface area (Å²) in [5, 5.41) is 2.93. The van der Waals surface area contributed by atoms with E-state index in [1.54, 1.807) is 12.5 Å². The molecule has 0 aliphatic rings. The summed E-state index contributed by atoms with van der Waals surface area (Å²) in [6, 6.07) is 3.37. The Hall–Kier alpha value is -2.58. The molecule has 0 fully saturated rings. The number of nitrogens with one attached hydrogen (secondary N) is 1. The molecule has 3 rings (SSSR count). The van der Waals surface area contributed by atoms with Crippen LogP contribution in [0.1, 0.15) is 45.2 Å². The van der Waals surface area contributed by atoms with Crippen LogP contribution >= 0.6 is 0 Å². The molecule has 29 heavy (non-hydrogen) atoms. The molecule has 0 saturated carbocycles. The second-order valence-electron chi connectivity index (χ2n) is 8.01. The van der Waals surface area contributed by atoms with E-state index in [4.69, 9.17) is 16.5 Å². The molecule has 3 aromatic heterocycles. The summed E-state index contributed by atoms with van der Waals surface area (Å²) in [6.07, 6.45) is 5.06. The molecule has 0 radical (unpaired) electrons. The second kappa shape index (κ2) is 9.28. The number of carbonyl (C=O) groups excluding carboxylic acids is 1. The first-order valence-corrected chi connectivity index (χ1v) is 10.2. The molecule has 0 saturated heterocycles. The van der Waals surface area contributed by atoms with Gasteiger partial charge in [-0.05, 0) is 37.4 Å². The number of fused-ring (bicyclic) bond motifs is 3. The van der Waals surface area contributed by atoms with Gasteiger partial charge in [-0.2, -0.15) is 0 Å². The predicted octanol–water partition coefficient (Wildman–Crippen LogP) is 1.92. The molecule has 0 bridgehead atoms. The maximum Gasteiger partial charge on any atom is 0.236 e. The molecule has 0 spiro atoms. The van der Waals surface area contributed by atoms with E-state index < -0.39 is 6.04 Å². The van der Waals surface area contributed by atoms with Crippen molar-refractivity contribution in [1.82, 2.24) is 24.8 Å². The molecule has 0 aliphatic carbocycles. The molecule has 8 nitrogen and oxygen atoms in total. The lowest BCUT2D eigenvalue weighted by atomic mass is 10.0. The van der Waals surface area contributed by atoms with E-state index in [0.29, 0.717) is 32.0 Å². The summed E-state index contributed by atoms with van der Waals surface area (Å²) in [6.45, 7) is 7.88. The van der Waals surface area contributed by atoms with Crippen LogP contribution in [0.15, 0.2) is 24.7 Å². The fourth-order valence-corrected chi connectivity index (χ4v) is 3.62. The van der Waals surface area contributed by atoms with Gasteiger partial charge in [-0.15, -0.1) is 0 Å². The topological polar surface area (TPSA) is 125 Å². The van der Waals surface area contributed by atoms with Gasteiger partial charge in [-0.1, -0.05) is 20.8 Å². The fraction of sp³-hybridized carbons (Fsp3) is 0.524. The van der Waals surface area contributed by atoms with Crippen LogP contribution in [0.5, 0.6) is 0 Å². The summed E-state index contributed by atoms with van der Waals surface area (Å²) in [5.74, 6) is 0.460. The zero-order valence-corrected chi connectivity index (χ0v) is 17.4. The Morgan fingerprint density at radius 3 is 2.76 bits per heavy atom. The first-order valence-electron chi connectivity index (χ1n) is 10.2. The highest BCUT2D eigenvalue weighted by atomic mass is 16.2. The normalized spacial score (nSPS) is 13.9. The van der Waals surface area contributed by atoms with Gasteiger partial charge in [0.1, 0.15) is 11.0 Å². The molecule has 3 aromatic rings. The Bertz CT molecular complexity index is 982. The van der Waals surface area contributed by atoms with Gasteiger partial charge < -0.3 is 21.4 Å². The van der Waals surface area contributed by atoms with Gasteiger partial charge in [0.05, 0.1) is 29.1 Å². The minimum atomic E-state index is -0.482. The van der Waals surface area contributed by atoms with Crippen molar-refractivity contribution in [3.63, 3.8) is 0 Å². The van der Waals surface area contributed by atoms with Crippen molar-refractivity contribution in [3.8, 4) is 0 Å². The van der Waals surface area contributed by atoms with Gasteiger partial charge in [0.2, 0.25) is 5.91 Å². The Morgan fingerprint density at radius 2 is 2.03 bits per heavy atom. The Kier molecular flexibility index (Phi) is 6.76. The number of aromatic nitrogens is 4. The van der Waals surface area contributed by atoms with Crippen LogP contribution in [0.3, 0.4) is 0 Å². The third kappa shape index (κ3) is 4.71. The quantitative estimate of drug-likeness (QED) is 0.507. The number of nitrogens with zero attached hydrogens (tertiary/aromatic N) is 4. The molecule has 3 heterocycles. The molecule has 2 unspecified atom stereocenters. The number of imidazole rings is 1. The summed E-state index contributed by atoms with van der Waals surface area (Å²) in [5.41, 5.74) is 16.1. The zero-order chi connectivity index (χ0) is 21.0. The maximum absolute atomic E-state index is 12.2. The highest BCUT2D eigenvalue weighted by molar-refractivity contribution is 6.00. The van der Waals surface area contributed by atoms with Crippen LogP contribution < -0.4 is 16.8 Å². The van der Waals surface area contributed by atoms with Crippen molar-refractivity contribution < 1.29 is 4.79 Å². The number of hydrogen-bond acceptors (Lipinski definition) is 6. The second-order valence-corrected chi connectivity index (χ2v) is 8.01. The average Bonchev–Trinajstić information content (AvgIpc) is 3.11. The van der Waals surface area contributed by atoms with E-state index in [2.05, 4.69) is 36.1 Å². The number of rotatable bonds is 9. The molecular formula is C21H31N7O. The van der Waals surface area contributed by atoms with E-state index in [-0.39, 0.29) is 11.8 Å². The summed E-state index contributed by atoms with van der Waals surface area (Å²) < 4.78 is 2.03. The summed E-state index contributed by atoms with van der Waals surface area (Å²) >= 11 is 0. The molecule has 1 amide bonds. The van der Waals surface area contributed by atoms with Crippen molar-refractivity contribution in [2.45, 2.75) is 52.1 Å². The maximum atomic E-state index is 12.2. The first-order chi connectivity index (χ1) is 13.9. The molecule has 8 heteroatoms. The lowest BCUT2D eigenvalue weighted by Gasteiger charge is -2.15. The van der Waals surface area contributed by atoms with Gasteiger partial charge in [0.25, 0.3) is 0 Å². The minimum absolute atomic E-state index is 0.120. The summed E-state index contributed by atoms with van der Waals surface area (Å²) in [7, 11) is 0.